The predicted molar refractivity (Wildman–Crippen MR) is 71.0 cm³/mol. The monoisotopic (exact) mass is 274 g/mol. The van der Waals surface area contributed by atoms with Crippen LogP contribution < -0.4 is 16.4 Å². The van der Waals surface area contributed by atoms with Crippen molar-refractivity contribution in [2.75, 3.05) is 51.2 Å². The van der Waals surface area contributed by atoms with Crippen molar-refractivity contribution in [1.29, 1.82) is 0 Å². The lowest BCUT2D eigenvalue weighted by atomic mass is 10.3. The number of hydrogen-bond donors (Lipinski definition) is 2. The fraction of sp³-hybridized carbons (Fsp3) is 0.600. The Morgan fingerprint density at radius 1 is 1.33 bits per heavy atom. The summed E-state index contributed by atoms with van der Waals surface area (Å²) >= 11 is 1.15. The molecule has 0 aliphatic carbocycles. The lowest BCUT2D eigenvalue weighted by Crippen LogP contribution is -2.31. The third kappa shape index (κ3) is 3.56. The van der Waals surface area contributed by atoms with Gasteiger partial charge < -0.3 is 25.8 Å². The van der Waals surface area contributed by atoms with Crippen molar-refractivity contribution in [3.05, 3.63) is 5.56 Å². The number of nitrogens with two attached hydrogens (primary N) is 2. The normalized spacial score (nSPS) is 10.6. The van der Waals surface area contributed by atoms with E-state index in [9.17, 15) is 4.79 Å². The van der Waals surface area contributed by atoms with Crippen LogP contribution in [-0.4, -0.2) is 50.8 Å². The Balaban J connectivity index is 2.92. The summed E-state index contributed by atoms with van der Waals surface area (Å²) in [7, 11) is 3.23. The number of ether oxygens (including phenoxy) is 2. The third-order valence-electron chi connectivity index (χ3n) is 2.36. The third-order valence-corrected chi connectivity index (χ3v) is 3.29. The highest BCUT2D eigenvalue weighted by atomic mass is 32.1. The van der Waals surface area contributed by atoms with Gasteiger partial charge in [0.15, 0.2) is 5.82 Å². The lowest BCUT2D eigenvalue weighted by molar-refractivity contribution is 0.100. The van der Waals surface area contributed by atoms with Crippen LogP contribution in [0.2, 0.25) is 0 Å². The molecule has 0 spiro atoms. The summed E-state index contributed by atoms with van der Waals surface area (Å²) in [5, 5.41) is 0.661. The number of nitrogens with zero attached hydrogens (tertiary/aromatic N) is 2. The molecule has 4 N–H and O–H groups in total. The van der Waals surface area contributed by atoms with Crippen molar-refractivity contribution in [2.45, 2.75) is 0 Å². The zero-order valence-corrected chi connectivity index (χ0v) is 11.3. The fourth-order valence-electron chi connectivity index (χ4n) is 1.46. The molecule has 0 fully saturated rings. The van der Waals surface area contributed by atoms with E-state index in [0.717, 1.165) is 11.5 Å². The highest BCUT2D eigenvalue weighted by molar-refractivity contribution is 7.11. The smallest absolute Gasteiger partial charge is 0.255 e. The van der Waals surface area contributed by atoms with Gasteiger partial charge in [0.25, 0.3) is 5.91 Å². The minimum absolute atomic E-state index is 0.169. The van der Waals surface area contributed by atoms with Gasteiger partial charge >= 0.3 is 0 Å². The predicted octanol–water partition coefficient (Wildman–Crippen LogP) is -0.0766. The van der Waals surface area contributed by atoms with E-state index >= 15 is 0 Å². The van der Waals surface area contributed by atoms with Crippen molar-refractivity contribution in [2.24, 2.45) is 5.73 Å². The van der Waals surface area contributed by atoms with Crippen molar-refractivity contribution >= 4 is 28.3 Å². The van der Waals surface area contributed by atoms with Crippen LogP contribution in [0.25, 0.3) is 0 Å². The van der Waals surface area contributed by atoms with Crippen LogP contribution in [0.4, 0.5) is 10.8 Å². The van der Waals surface area contributed by atoms with Gasteiger partial charge in [-0.25, -0.2) is 0 Å². The molecule has 1 aromatic rings. The molecule has 0 saturated heterocycles. The number of primary amides is 1. The van der Waals surface area contributed by atoms with Gasteiger partial charge in [0.1, 0.15) is 10.6 Å². The molecule has 1 amide bonds. The van der Waals surface area contributed by atoms with Crippen LogP contribution in [0.3, 0.4) is 0 Å². The molecule has 0 radical (unpaired) electrons. The fourth-order valence-corrected chi connectivity index (χ4v) is 2.33. The molecule has 7 nitrogen and oxygen atoms in total. The van der Waals surface area contributed by atoms with E-state index in [1.54, 1.807) is 14.2 Å². The summed E-state index contributed by atoms with van der Waals surface area (Å²) < 4.78 is 14.0. The van der Waals surface area contributed by atoms with Gasteiger partial charge in [-0.2, -0.15) is 4.37 Å². The van der Waals surface area contributed by atoms with E-state index in [2.05, 4.69) is 4.37 Å². The Bertz CT molecular complexity index is 388. The second-order valence-electron chi connectivity index (χ2n) is 3.58. The maximum atomic E-state index is 11.4. The molecule has 18 heavy (non-hydrogen) atoms. The first-order valence-electron chi connectivity index (χ1n) is 5.39. The number of aromatic nitrogens is 1. The summed E-state index contributed by atoms with van der Waals surface area (Å²) in [6, 6.07) is 0. The molecule has 8 heteroatoms. The topological polar surface area (TPSA) is 104 Å². The summed E-state index contributed by atoms with van der Waals surface area (Å²) in [5.74, 6) is -0.404. The van der Waals surface area contributed by atoms with Gasteiger partial charge in [-0.1, -0.05) is 0 Å². The zero-order valence-electron chi connectivity index (χ0n) is 10.5. The molecule has 0 atom stereocenters. The Morgan fingerprint density at radius 3 is 2.33 bits per heavy atom. The largest absolute Gasteiger partial charge is 0.383 e. The van der Waals surface area contributed by atoms with Crippen molar-refractivity contribution < 1.29 is 14.3 Å². The van der Waals surface area contributed by atoms with Gasteiger partial charge in [0, 0.05) is 27.3 Å². The molecule has 1 rings (SSSR count). The number of anilines is 2. The highest BCUT2D eigenvalue weighted by Crippen LogP contribution is 2.29. The van der Waals surface area contributed by atoms with Crippen LogP contribution in [0.1, 0.15) is 10.4 Å². The van der Waals surface area contributed by atoms with E-state index in [1.807, 2.05) is 4.90 Å². The Morgan fingerprint density at radius 2 is 1.89 bits per heavy atom. The summed E-state index contributed by atoms with van der Waals surface area (Å²) in [6.07, 6.45) is 0. The van der Waals surface area contributed by atoms with Gasteiger partial charge in [-0.05, 0) is 11.5 Å². The first-order valence-corrected chi connectivity index (χ1v) is 6.17. The van der Waals surface area contributed by atoms with E-state index in [-0.39, 0.29) is 11.4 Å². The quantitative estimate of drug-likeness (QED) is 0.687. The Kier molecular flexibility index (Phi) is 5.83. The number of rotatable bonds is 8. The van der Waals surface area contributed by atoms with Crippen LogP contribution in [0.15, 0.2) is 0 Å². The standard InChI is InChI=1S/C10H18N4O3S/c1-16-5-3-14(4-6-17-2)10-7(9(12)15)8(11)13-18-10/h3-6H2,1-2H3,(H2,11,13)(H2,12,15). The molecule has 1 heterocycles. The Labute approximate surface area is 110 Å². The second-order valence-corrected chi connectivity index (χ2v) is 4.34. The van der Waals surface area contributed by atoms with Crippen molar-refractivity contribution in [1.82, 2.24) is 4.37 Å². The van der Waals surface area contributed by atoms with E-state index < -0.39 is 5.91 Å². The molecule has 0 aliphatic rings. The number of hydrogen-bond acceptors (Lipinski definition) is 7. The Hall–Kier alpha value is -1.38. The molecule has 1 aromatic heterocycles. The molecule has 102 valence electrons. The second kappa shape index (κ2) is 7.14. The molecule has 0 unspecified atom stereocenters. The number of methoxy groups -OCH3 is 2. The van der Waals surface area contributed by atoms with Crippen LogP contribution in [0, 0.1) is 0 Å². The first-order chi connectivity index (χ1) is 8.61. The van der Waals surface area contributed by atoms with E-state index in [0.29, 0.717) is 31.3 Å². The van der Waals surface area contributed by atoms with Crippen LogP contribution >= 0.6 is 11.5 Å². The average Bonchev–Trinajstić information content (AvgIpc) is 2.71. The molecular weight excluding hydrogens is 256 g/mol. The molecule has 0 aliphatic heterocycles. The maximum Gasteiger partial charge on any atom is 0.255 e. The summed E-state index contributed by atoms with van der Waals surface area (Å²) in [6.45, 7) is 2.28. The minimum atomic E-state index is -0.573. The van der Waals surface area contributed by atoms with E-state index in [4.69, 9.17) is 20.9 Å². The first kappa shape index (κ1) is 14.7. The van der Waals surface area contributed by atoms with E-state index in [1.165, 1.54) is 0 Å². The number of amides is 1. The van der Waals surface area contributed by atoms with Gasteiger partial charge in [0.05, 0.1) is 13.2 Å². The van der Waals surface area contributed by atoms with Crippen LogP contribution in [-0.2, 0) is 9.47 Å². The van der Waals surface area contributed by atoms with Gasteiger partial charge in [-0.3, -0.25) is 4.79 Å². The molecule has 0 saturated carbocycles. The number of carbonyl (C=O) groups is 1. The average molecular weight is 274 g/mol. The molecule has 0 bridgehead atoms. The number of nitrogen functional groups attached to an aromatic ring is 1. The molecular formula is C10H18N4O3S. The summed E-state index contributed by atoms with van der Waals surface area (Å²) in [4.78, 5) is 13.3. The van der Waals surface area contributed by atoms with Crippen molar-refractivity contribution in [3.63, 3.8) is 0 Å². The maximum absolute atomic E-state index is 11.4. The summed E-state index contributed by atoms with van der Waals surface area (Å²) in [5.41, 5.74) is 11.2. The molecule has 0 aromatic carbocycles. The minimum Gasteiger partial charge on any atom is -0.383 e. The van der Waals surface area contributed by atoms with Gasteiger partial charge in [0.2, 0.25) is 0 Å². The van der Waals surface area contributed by atoms with Crippen LogP contribution in [0.5, 0.6) is 0 Å². The lowest BCUT2D eigenvalue weighted by Gasteiger charge is -2.22. The van der Waals surface area contributed by atoms with Crippen molar-refractivity contribution in [3.8, 4) is 0 Å². The van der Waals surface area contributed by atoms with Gasteiger partial charge in [-0.15, -0.1) is 0 Å². The SMILES string of the molecule is COCCN(CCOC)c1snc(N)c1C(N)=O. The zero-order chi connectivity index (χ0) is 13.5. The number of carbonyl (C=O) groups excluding carboxylic acids is 1. The highest BCUT2D eigenvalue weighted by Gasteiger charge is 2.21.